The largest absolute Gasteiger partial charge is 0.321 e. The first kappa shape index (κ1) is 9.45. The average molecular weight is 176 g/mol. The number of aromatic nitrogens is 1. The van der Waals surface area contributed by atoms with E-state index in [1.54, 1.807) is 25.4 Å². The molecule has 0 aliphatic rings. The molecule has 0 atom stereocenters. The van der Waals surface area contributed by atoms with E-state index in [2.05, 4.69) is 10.3 Å². The van der Waals surface area contributed by atoms with Crippen LogP contribution in [0.5, 0.6) is 0 Å². The zero-order valence-corrected chi connectivity index (χ0v) is 7.74. The molecule has 1 heterocycles. The number of hydrogen-bond acceptors (Lipinski definition) is 2. The second kappa shape index (κ2) is 4.40. The average Bonchev–Trinajstić information content (AvgIpc) is 2.04. The van der Waals surface area contributed by atoms with Gasteiger partial charge in [-0.2, -0.15) is 0 Å². The first-order valence-corrected chi connectivity index (χ1v) is 4.07. The van der Waals surface area contributed by atoms with Crippen LogP contribution >= 0.6 is 0 Å². The summed E-state index contributed by atoms with van der Waals surface area (Å²) >= 11 is 0. The molecule has 3 heteroatoms. The van der Waals surface area contributed by atoms with E-state index in [0.717, 1.165) is 11.3 Å². The number of rotatable bonds is 2. The number of pyridine rings is 1. The molecule has 0 spiro atoms. The fraction of sp³-hybridized carbons (Fsp3) is 0.200. The van der Waals surface area contributed by atoms with Crippen LogP contribution in [-0.2, 0) is 4.79 Å². The molecule has 0 radical (unpaired) electrons. The number of aryl methyl sites for hydroxylation is 1. The van der Waals surface area contributed by atoms with Crippen LogP contribution in [0.2, 0.25) is 0 Å². The van der Waals surface area contributed by atoms with Crippen LogP contribution in [0.15, 0.2) is 30.6 Å². The third kappa shape index (κ3) is 3.07. The lowest BCUT2D eigenvalue weighted by molar-refractivity contribution is -0.111. The SMILES string of the molecule is C/C=C/C(=O)Nc1cncc(C)c1. The van der Waals surface area contributed by atoms with Gasteiger partial charge in [0.2, 0.25) is 5.91 Å². The summed E-state index contributed by atoms with van der Waals surface area (Å²) in [6.45, 7) is 3.73. The molecule has 0 aliphatic heterocycles. The normalized spacial score (nSPS) is 10.3. The Bertz CT molecular complexity index is 331. The molecule has 1 aromatic rings. The number of anilines is 1. The molecule has 0 unspecified atom stereocenters. The fourth-order valence-electron chi connectivity index (χ4n) is 0.959. The van der Waals surface area contributed by atoms with Gasteiger partial charge in [0.15, 0.2) is 0 Å². The highest BCUT2D eigenvalue weighted by Crippen LogP contribution is 2.06. The molecule has 1 aromatic heterocycles. The lowest BCUT2D eigenvalue weighted by Gasteiger charge is -2.01. The highest BCUT2D eigenvalue weighted by molar-refractivity contribution is 5.99. The Morgan fingerprint density at radius 2 is 2.31 bits per heavy atom. The van der Waals surface area contributed by atoms with Crippen molar-refractivity contribution in [2.45, 2.75) is 13.8 Å². The van der Waals surface area contributed by atoms with E-state index in [4.69, 9.17) is 0 Å². The number of hydrogen-bond donors (Lipinski definition) is 1. The van der Waals surface area contributed by atoms with E-state index >= 15 is 0 Å². The second-order valence-electron chi connectivity index (χ2n) is 2.74. The van der Waals surface area contributed by atoms with Gasteiger partial charge in [-0.1, -0.05) is 6.08 Å². The van der Waals surface area contributed by atoms with Gasteiger partial charge < -0.3 is 5.32 Å². The van der Waals surface area contributed by atoms with Gasteiger partial charge in [0.25, 0.3) is 0 Å². The molecule has 1 N–H and O–H groups in total. The number of carbonyl (C=O) groups excluding carboxylic acids is 1. The van der Waals surface area contributed by atoms with Crippen molar-refractivity contribution in [3.8, 4) is 0 Å². The van der Waals surface area contributed by atoms with Gasteiger partial charge in [0.1, 0.15) is 0 Å². The maximum atomic E-state index is 11.1. The summed E-state index contributed by atoms with van der Waals surface area (Å²) in [5.74, 6) is -0.130. The number of carbonyl (C=O) groups is 1. The van der Waals surface area contributed by atoms with Crippen LogP contribution in [0.25, 0.3) is 0 Å². The van der Waals surface area contributed by atoms with Gasteiger partial charge >= 0.3 is 0 Å². The predicted molar refractivity (Wildman–Crippen MR) is 52.4 cm³/mol. The maximum Gasteiger partial charge on any atom is 0.248 e. The van der Waals surface area contributed by atoms with Gasteiger partial charge in [0.05, 0.1) is 11.9 Å². The molecule has 13 heavy (non-hydrogen) atoms. The number of allylic oxidation sites excluding steroid dienone is 1. The summed E-state index contributed by atoms with van der Waals surface area (Å²) in [4.78, 5) is 15.1. The molecular weight excluding hydrogens is 164 g/mol. The summed E-state index contributed by atoms with van der Waals surface area (Å²) in [5, 5.41) is 2.70. The molecular formula is C10H12N2O. The molecule has 0 fully saturated rings. The van der Waals surface area contributed by atoms with Crippen LogP contribution < -0.4 is 5.32 Å². The molecule has 0 aromatic carbocycles. The zero-order chi connectivity index (χ0) is 9.68. The van der Waals surface area contributed by atoms with Crippen molar-refractivity contribution in [3.63, 3.8) is 0 Å². The van der Waals surface area contributed by atoms with Gasteiger partial charge in [-0.25, -0.2) is 0 Å². The van der Waals surface area contributed by atoms with Crippen molar-refractivity contribution >= 4 is 11.6 Å². The number of nitrogens with zero attached hydrogens (tertiary/aromatic N) is 1. The number of amides is 1. The number of nitrogens with one attached hydrogen (secondary N) is 1. The first-order valence-electron chi connectivity index (χ1n) is 4.07. The Kier molecular flexibility index (Phi) is 3.20. The quantitative estimate of drug-likeness (QED) is 0.699. The van der Waals surface area contributed by atoms with Crippen LogP contribution in [-0.4, -0.2) is 10.9 Å². The van der Waals surface area contributed by atoms with Crippen molar-refractivity contribution in [3.05, 3.63) is 36.2 Å². The summed E-state index contributed by atoms with van der Waals surface area (Å²) in [6.07, 6.45) is 6.53. The minimum Gasteiger partial charge on any atom is -0.321 e. The summed E-state index contributed by atoms with van der Waals surface area (Å²) < 4.78 is 0. The lowest BCUT2D eigenvalue weighted by atomic mass is 10.3. The van der Waals surface area contributed by atoms with Crippen LogP contribution in [0.1, 0.15) is 12.5 Å². The van der Waals surface area contributed by atoms with E-state index in [1.165, 1.54) is 6.08 Å². The Labute approximate surface area is 77.5 Å². The van der Waals surface area contributed by atoms with Gasteiger partial charge in [0, 0.05) is 6.20 Å². The maximum absolute atomic E-state index is 11.1. The molecule has 3 nitrogen and oxygen atoms in total. The molecule has 0 saturated carbocycles. The predicted octanol–water partition coefficient (Wildman–Crippen LogP) is 1.90. The molecule has 1 amide bonds. The molecule has 0 bridgehead atoms. The molecule has 68 valence electrons. The summed E-state index contributed by atoms with van der Waals surface area (Å²) in [5.41, 5.74) is 1.75. The van der Waals surface area contributed by atoms with E-state index in [-0.39, 0.29) is 5.91 Å². The van der Waals surface area contributed by atoms with Gasteiger partial charge in [-0.05, 0) is 31.6 Å². The zero-order valence-electron chi connectivity index (χ0n) is 7.74. The van der Waals surface area contributed by atoms with Crippen molar-refractivity contribution < 1.29 is 4.79 Å². The third-order valence-corrected chi connectivity index (χ3v) is 1.46. The lowest BCUT2D eigenvalue weighted by Crippen LogP contribution is -2.07. The van der Waals surface area contributed by atoms with Crippen molar-refractivity contribution in [2.75, 3.05) is 5.32 Å². The first-order chi connectivity index (χ1) is 6.22. The minimum absolute atomic E-state index is 0.130. The monoisotopic (exact) mass is 176 g/mol. The fourth-order valence-corrected chi connectivity index (χ4v) is 0.959. The smallest absolute Gasteiger partial charge is 0.248 e. The third-order valence-electron chi connectivity index (χ3n) is 1.46. The van der Waals surface area contributed by atoms with Crippen LogP contribution in [0, 0.1) is 6.92 Å². The topological polar surface area (TPSA) is 42.0 Å². The van der Waals surface area contributed by atoms with Crippen molar-refractivity contribution in [1.29, 1.82) is 0 Å². The molecule has 0 aliphatic carbocycles. The van der Waals surface area contributed by atoms with E-state index in [0.29, 0.717) is 0 Å². The summed E-state index contributed by atoms with van der Waals surface area (Å²) in [6, 6.07) is 1.87. The van der Waals surface area contributed by atoms with E-state index in [9.17, 15) is 4.79 Å². The standard InChI is InChI=1S/C10H12N2O/c1-3-4-10(13)12-9-5-8(2)6-11-7-9/h3-7H,1-2H3,(H,12,13)/b4-3+. The second-order valence-corrected chi connectivity index (χ2v) is 2.74. The van der Waals surface area contributed by atoms with Gasteiger partial charge in [-0.3, -0.25) is 9.78 Å². The Balaban J connectivity index is 2.69. The Morgan fingerprint density at radius 1 is 1.54 bits per heavy atom. The van der Waals surface area contributed by atoms with Crippen molar-refractivity contribution in [1.82, 2.24) is 4.98 Å². The van der Waals surface area contributed by atoms with E-state index in [1.807, 2.05) is 13.0 Å². The molecule has 1 rings (SSSR count). The van der Waals surface area contributed by atoms with Gasteiger partial charge in [-0.15, -0.1) is 0 Å². The van der Waals surface area contributed by atoms with Crippen molar-refractivity contribution in [2.24, 2.45) is 0 Å². The highest BCUT2D eigenvalue weighted by atomic mass is 16.1. The Morgan fingerprint density at radius 3 is 2.92 bits per heavy atom. The van der Waals surface area contributed by atoms with E-state index < -0.39 is 0 Å². The van der Waals surface area contributed by atoms with Crippen LogP contribution in [0.4, 0.5) is 5.69 Å². The van der Waals surface area contributed by atoms with Crippen LogP contribution in [0.3, 0.4) is 0 Å². The summed E-state index contributed by atoms with van der Waals surface area (Å²) in [7, 11) is 0. The minimum atomic E-state index is -0.130. The Hall–Kier alpha value is -1.64. The highest BCUT2D eigenvalue weighted by Gasteiger charge is 1.96. The molecule has 0 saturated heterocycles.